The minimum absolute atomic E-state index is 0.0906. The summed E-state index contributed by atoms with van der Waals surface area (Å²) in [7, 11) is 1.37. The predicted molar refractivity (Wildman–Crippen MR) is 113 cm³/mol. The Hall–Kier alpha value is -3.08. The Morgan fingerprint density at radius 1 is 1.10 bits per heavy atom. The molecule has 0 bridgehead atoms. The van der Waals surface area contributed by atoms with Gasteiger partial charge < -0.3 is 14.2 Å². The van der Waals surface area contributed by atoms with E-state index in [1.54, 1.807) is 11.8 Å². The summed E-state index contributed by atoms with van der Waals surface area (Å²) in [6, 6.07) is 17.6. The summed E-state index contributed by atoms with van der Waals surface area (Å²) in [4.78, 5) is 27.6. The summed E-state index contributed by atoms with van der Waals surface area (Å²) in [5, 5.41) is 0.912. The van der Waals surface area contributed by atoms with E-state index >= 15 is 0 Å². The SMILES string of the molecule is COC(=O)C(C)N(C(=O)c1cn(Cc2ccccc2)c2ccccc12)C1CCC1. The number of para-hydroxylation sites is 1. The Kier molecular flexibility index (Phi) is 5.38. The lowest BCUT2D eigenvalue weighted by Crippen LogP contribution is -2.52. The van der Waals surface area contributed by atoms with E-state index in [-0.39, 0.29) is 17.9 Å². The summed E-state index contributed by atoms with van der Waals surface area (Å²) < 4.78 is 7.04. The van der Waals surface area contributed by atoms with Crippen molar-refractivity contribution in [3.8, 4) is 0 Å². The zero-order chi connectivity index (χ0) is 20.4. The highest BCUT2D eigenvalue weighted by Gasteiger charge is 2.37. The minimum atomic E-state index is -0.603. The number of nitrogens with zero attached hydrogens (tertiary/aromatic N) is 2. The molecule has 1 aliphatic carbocycles. The number of hydrogen-bond donors (Lipinski definition) is 0. The molecular weight excluding hydrogens is 364 g/mol. The van der Waals surface area contributed by atoms with Crippen molar-refractivity contribution >= 4 is 22.8 Å². The van der Waals surface area contributed by atoms with Gasteiger partial charge in [-0.15, -0.1) is 0 Å². The first-order chi connectivity index (χ1) is 14.1. The largest absolute Gasteiger partial charge is 0.467 e. The van der Waals surface area contributed by atoms with Crippen LogP contribution in [0.4, 0.5) is 0 Å². The Morgan fingerprint density at radius 3 is 2.45 bits per heavy atom. The molecule has 1 saturated carbocycles. The Morgan fingerprint density at radius 2 is 1.79 bits per heavy atom. The molecule has 1 unspecified atom stereocenters. The average molecular weight is 390 g/mol. The van der Waals surface area contributed by atoms with Gasteiger partial charge in [-0.3, -0.25) is 4.79 Å². The maximum absolute atomic E-state index is 13.6. The van der Waals surface area contributed by atoms with Crippen LogP contribution in [0.25, 0.3) is 10.9 Å². The lowest BCUT2D eigenvalue weighted by atomic mass is 9.89. The maximum atomic E-state index is 13.6. The summed E-state index contributed by atoms with van der Waals surface area (Å²) in [5.74, 6) is -0.478. The van der Waals surface area contributed by atoms with Crippen molar-refractivity contribution in [1.82, 2.24) is 9.47 Å². The third kappa shape index (κ3) is 3.65. The lowest BCUT2D eigenvalue weighted by molar-refractivity contribution is -0.146. The molecule has 1 fully saturated rings. The van der Waals surface area contributed by atoms with Crippen LogP contribution in [0.15, 0.2) is 60.8 Å². The fourth-order valence-electron chi connectivity index (χ4n) is 4.07. The van der Waals surface area contributed by atoms with Gasteiger partial charge in [-0.1, -0.05) is 48.5 Å². The van der Waals surface area contributed by atoms with E-state index in [0.29, 0.717) is 12.1 Å². The fraction of sp³-hybridized carbons (Fsp3) is 0.333. The second-order valence-corrected chi connectivity index (χ2v) is 7.67. The van der Waals surface area contributed by atoms with Crippen molar-refractivity contribution in [1.29, 1.82) is 0 Å². The predicted octanol–water partition coefficient (Wildman–Crippen LogP) is 4.25. The molecule has 150 valence electrons. The summed E-state index contributed by atoms with van der Waals surface area (Å²) >= 11 is 0. The third-order valence-corrected chi connectivity index (χ3v) is 5.88. The number of benzene rings is 2. The smallest absolute Gasteiger partial charge is 0.328 e. The summed E-state index contributed by atoms with van der Waals surface area (Å²) in [6.45, 7) is 2.44. The topological polar surface area (TPSA) is 51.5 Å². The van der Waals surface area contributed by atoms with Crippen LogP contribution in [-0.4, -0.2) is 40.5 Å². The molecule has 3 aromatic rings. The molecule has 2 aromatic carbocycles. The highest BCUT2D eigenvalue weighted by molar-refractivity contribution is 6.08. The zero-order valence-corrected chi connectivity index (χ0v) is 16.9. The quantitative estimate of drug-likeness (QED) is 0.592. The number of carbonyl (C=O) groups is 2. The molecule has 0 radical (unpaired) electrons. The molecule has 1 aliphatic rings. The van der Waals surface area contributed by atoms with Crippen LogP contribution in [0.1, 0.15) is 42.1 Å². The van der Waals surface area contributed by atoms with Gasteiger partial charge in [0.1, 0.15) is 6.04 Å². The van der Waals surface area contributed by atoms with Crippen LogP contribution in [0.2, 0.25) is 0 Å². The number of ether oxygens (including phenoxy) is 1. The van der Waals surface area contributed by atoms with Gasteiger partial charge in [-0.2, -0.15) is 0 Å². The number of methoxy groups -OCH3 is 1. The molecule has 4 rings (SSSR count). The van der Waals surface area contributed by atoms with Crippen molar-refractivity contribution in [3.63, 3.8) is 0 Å². The molecule has 5 nitrogen and oxygen atoms in total. The lowest BCUT2D eigenvalue weighted by Gasteiger charge is -2.40. The maximum Gasteiger partial charge on any atom is 0.328 e. The van der Waals surface area contributed by atoms with E-state index in [0.717, 1.165) is 30.2 Å². The number of fused-ring (bicyclic) bond motifs is 1. The van der Waals surface area contributed by atoms with E-state index in [4.69, 9.17) is 4.74 Å². The van der Waals surface area contributed by atoms with E-state index in [1.807, 2.05) is 48.7 Å². The molecule has 0 saturated heterocycles. The first-order valence-electron chi connectivity index (χ1n) is 10.1. The van der Waals surface area contributed by atoms with Gasteiger partial charge >= 0.3 is 5.97 Å². The molecule has 5 heteroatoms. The van der Waals surface area contributed by atoms with Gasteiger partial charge in [0.05, 0.1) is 12.7 Å². The molecule has 1 atom stereocenters. The van der Waals surface area contributed by atoms with Crippen LogP contribution in [-0.2, 0) is 16.1 Å². The molecular formula is C24H26N2O3. The highest BCUT2D eigenvalue weighted by Crippen LogP contribution is 2.31. The number of hydrogen-bond acceptors (Lipinski definition) is 3. The number of amides is 1. The van der Waals surface area contributed by atoms with Crippen molar-refractivity contribution in [2.45, 2.75) is 44.8 Å². The van der Waals surface area contributed by atoms with E-state index in [9.17, 15) is 9.59 Å². The average Bonchev–Trinajstić information content (AvgIpc) is 3.08. The van der Waals surface area contributed by atoms with Crippen molar-refractivity contribution < 1.29 is 14.3 Å². The van der Waals surface area contributed by atoms with Crippen LogP contribution in [0.3, 0.4) is 0 Å². The number of esters is 1. The Balaban J connectivity index is 1.74. The van der Waals surface area contributed by atoms with Crippen molar-refractivity contribution in [3.05, 3.63) is 71.9 Å². The molecule has 29 heavy (non-hydrogen) atoms. The van der Waals surface area contributed by atoms with Gasteiger partial charge in [0.15, 0.2) is 0 Å². The van der Waals surface area contributed by atoms with Crippen LogP contribution < -0.4 is 0 Å². The molecule has 0 N–H and O–H groups in total. The minimum Gasteiger partial charge on any atom is -0.467 e. The first-order valence-corrected chi connectivity index (χ1v) is 10.1. The van der Waals surface area contributed by atoms with Crippen molar-refractivity contribution in [2.75, 3.05) is 7.11 Å². The molecule has 0 aliphatic heterocycles. The first kappa shape index (κ1) is 19.2. The molecule has 1 heterocycles. The summed E-state index contributed by atoms with van der Waals surface area (Å²) in [5.41, 5.74) is 2.82. The second-order valence-electron chi connectivity index (χ2n) is 7.67. The van der Waals surface area contributed by atoms with Crippen LogP contribution >= 0.6 is 0 Å². The molecule has 0 spiro atoms. The zero-order valence-electron chi connectivity index (χ0n) is 16.9. The second kappa shape index (κ2) is 8.11. The number of carbonyl (C=O) groups excluding carboxylic acids is 2. The number of aromatic nitrogens is 1. The van der Waals surface area contributed by atoms with E-state index in [2.05, 4.69) is 16.7 Å². The van der Waals surface area contributed by atoms with Gasteiger partial charge in [0.2, 0.25) is 0 Å². The molecule has 1 amide bonds. The Labute approximate surface area is 170 Å². The van der Waals surface area contributed by atoms with Gasteiger partial charge in [-0.25, -0.2) is 4.79 Å². The molecule has 1 aromatic heterocycles. The van der Waals surface area contributed by atoms with E-state index in [1.165, 1.54) is 12.7 Å². The van der Waals surface area contributed by atoms with Gasteiger partial charge in [0, 0.05) is 29.7 Å². The number of rotatable bonds is 6. The van der Waals surface area contributed by atoms with Crippen LogP contribution in [0, 0.1) is 0 Å². The van der Waals surface area contributed by atoms with Gasteiger partial charge in [0.25, 0.3) is 5.91 Å². The van der Waals surface area contributed by atoms with Gasteiger partial charge in [-0.05, 0) is 37.8 Å². The fourth-order valence-corrected chi connectivity index (χ4v) is 4.07. The monoisotopic (exact) mass is 390 g/mol. The Bertz CT molecular complexity index is 1020. The van der Waals surface area contributed by atoms with E-state index < -0.39 is 6.04 Å². The third-order valence-electron chi connectivity index (χ3n) is 5.88. The van der Waals surface area contributed by atoms with Crippen molar-refractivity contribution in [2.24, 2.45) is 0 Å². The van der Waals surface area contributed by atoms with Crippen LogP contribution in [0.5, 0.6) is 0 Å². The normalized spacial score (nSPS) is 15.0. The standard InChI is InChI=1S/C24H26N2O3/c1-17(24(28)29-2)26(19-11-8-12-19)23(27)21-16-25(15-18-9-4-3-5-10-18)22-14-7-6-13-20(21)22/h3-7,9-10,13-14,16-17,19H,8,11-12,15H2,1-2H3. The summed E-state index contributed by atoms with van der Waals surface area (Å²) in [6.07, 6.45) is 4.86. The highest BCUT2D eigenvalue weighted by atomic mass is 16.5.